The van der Waals surface area contributed by atoms with E-state index < -0.39 is 5.97 Å². The van der Waals surface area contributed by atoms with E-state index in [4.69, 9.17) is 9.84 Å². The predicted octanol–water partition coefficient (Wildman–Crippen LogP) is 2.98. The van der Waals surface area contributed by atoms with Crippen molar-refractivity contribution >= 4 is 27.8 Å². The summed E-state index contributed by atoms with van der Waals surface area (Å²) in [6.07, 6.45) is 1.63. The number of benzene rings is 1. The maximum atomic E-state index is 11.8. The minimum absolute atomic E-state index is 0.0495. The Balaban J connectivity index is 2.33. The maximum Gasteiger partial charge on any atom is 0.305 e. The van der Waals surface area contributed by atoms with Gasteiger partial charge in [0.15, 0.2) is 0 Å². The molecule has 0 saturated heterocycles. The number of amides is 1. The van der Waals surface area contributed by atoms with Crippen molar-refractivity contribution in [2.75, 3.05) is 6.61 Å². The summed E-state index contributed by atoms with van der Waals surface area (Å²) in [4.78, 5) is 22.5. The molecule has 0 radical (unpaired) electrons. The molecule has 0 spiro atoms. The Hall–Kier alpha value is -1.56. The van der Waals surface area contributed by atoms with Crippen molar-refractivity contribution in [1.82, 2.24) is 5.32 Å². The number of nitrogens with one attached hydrogen (secondary N) is 1. The molecule has 1 rings (SSSR count). The molecular weight excluding hydrogens is 338 g/mol. The van der Waals surface area contributed by atoms with Gasteiger partial charge in [0.25, 0.3) is 0 Å². The lowest BCUT2D eigenvalue weighted by atomic mass is 10.1. The van der Waals surface area contributed by atoms with Crippen molar-refractivity contribution in [2.24, 2.45) is 0 Å². The summed E-state index contributed by atoms with van der Waals surface area (Å²) in [5.74, 6) is -0.406. The summed E-state index contributed by atoms with van der Waals surface area (Å²) < 4.78 is 6.38. The zero-order valence-corrected chi connectivity index (χ0v) is 13.6. The number of carboxylic acid groups (broad SMARTS) is 1. The van der Waals surface area contributed by atoms with Gasteiger partial charge in [-0.1, -0.05) is 35.3 Å². The molecule has 1 unspecified atom stereocenters. The lowest BCUT2D eigenvalue weighted by Gasteiger charge is -2.16. The number of hydrogen-bond donors (Lipinski definition) is 2. The molecule has 0 aliphatic rings. The van der Waals surface area contributed by atoms with Gasteiger partial charge in [-0.15, -0.1) is 0 Å². The first-order valence-corrected chi connectivity index (χ1v) is 7.70. The zero-order valence-electron chi connectivity index (χ0n) is 12.0. The van der Waals surface area contributed by atoms with E-state index in [0.29, 0.717) is 12.2 Å². The van der Waals surface area contributed by atoms with Crippen LogP contribution < -0.4 is 10.1 Å². The lowest BCUT2D eigenvalue weighted by molar-refractivity contribution is -0.137. The first kappa shape index (κ1) is 17.5. The molecule has 0 bridgehead atoms. The summed E-state index contributed by atoms with van der Waals surface area (Å²) in [6.45, 7) is 2.21. The summed E-state index contributed by atoms with van der Waals surface area (Å²) in [7, 11) is 0. The minimum Gasteiger partial charge on any atom is -0.493 e. The number of hydrogen-bond acceptors (Lipinski definition) is 3. The van der Waals surface area contributed by atoms with E-state index >= 15 is 0 Å². The molecule has 1 atom stereocenters. The Labute approximate surface area is 132 Å². The standard InChI is InChI=1S/C15H20BrNO4/c1-2-4-12(10-15(19)20)17-14(18)7-8-21-13-6-3-5-11(16)9-13/h3,5-6,9,12H,2,4,7-8,10H2,1H3,(H,17,18)(H,19,20). The van der Waals surface area contributed by atoms with Crippen LogP contribution in [0.25, 0.3) is 0 Å². The fourth-order valence-electron chi connectivity index (χ4n) is 1.90. The van der Waals surface area contributed by atoms with Gasteiger partial charge in [-0.2, -0.15) is 0 Å². The fourth-order valence-corrected chi connectivity index (χ4v) is 2.28. The van der Waals surface area contributed by atoms with E-state index in [9.17, 15) is 9.59 Å². The predicted molar refractivity (Wildman–Crippen MR) is 83.3 cm³/mol. The van der Waals surface area contributed by atoms with Gasteiger partial charge in [-0.05, 0) is 24.6 Å². The van der Waals surface area contributed by atoms with E-state index in [1.54, 1.807) is 0 Å². The van der Waals surface area contributed by atoms with Gasteiger partial charge in [0.05, 0.1) is 19.4 Å². The molecule has 1 amide bonds. The Morgan fingerprint density at radius 1 is 1.43 bits per heavy atom. The van der Waals surface area contributed by atoms with Crippen molar-refractivity contribution in [3.05, 3.63) is 28.7 Å². The molecule has 21 heavy (non-hydrogen) atoms. The van der Waals surface area contributed by atoms with Gasteiger partial charge in [0, 0.05) is 10.5 Å². The molecule has 0 aliphatic heterocycles. The third-order valence-electron chi connectivity index (χ3n) is 2.82. The van der Waals surface area contributed by atoms with Gasteiger partial charge in [-0.25, -0.2) is 0 Å². The van der Waals surface area contributed by atoms with Crippen LogP contribution in [0.15, 0.2) is 28.7 Å². The number of carboxylic acids is 1. The SMILES string of the molecule is CCCC(CC(=O)O)NC(=O)CCOc1cccc(Br)c1. The molecule has 0 saturated carbocycles. The average Bonchev–Trinajstić information content (AvgIpc) is 2.38. The Morgan fingerprint density at radius 3 is 2.81 bits per heavy atom. The topological polar surface area (TPSA) is 75.6 Å². The molecule has 0 heterocycles. The van der Waals surface area contributed by atoms with Crippen LogP contribution in [0.1, 0.15) is 32.6 Å². The minimum atomic E-state index is -0.904. The number of rotatable bonds is 9. The highest BCUT2D eigenvalue weighted by atomic mass is 79.9. The summed E-state index contributed by atoms with van der Waals surface area (Å²) in [6, 6.07) is 7.06. The van der Waals surface area contributed by atoms with Crippen molar-refractivity contribution in [2.45, 2.75) is 38.6 Å². The number of carbonyl (C=O) groups excluding carboxylic acids is 1. The number of halogens is 1. The number of ether oxygens (including phenoxy) is 1. The van der Waals surface area contributed by atoms with Gasteiger partial charge in [0.1, 0.15) is 5.75 Å². The molecule has 1 aromatic carbocycles. The number of aliphatic carboxylic acids is 1. The molecule has 116 valence electrons. The highest BCUT2D eigenvalue weighted by Crippen LogP contribution is 2.17. The Kier molecular flexibility index (Phi) is 7.82. The molecule has 1 aromatic rings. The molecule has 2 N–H and O–H groups in total. The fraction of sp³-hybridized carbons (Fsp3) is 0.467. The normalized spacial score (nSPS) is 11.7. The van der Waals surface area contributed by atoms with Crippen LogP contribution in [0.2, 0.25) is 0 Å². The third-order valence-corrected chi connectivity index (χ3v) is 3.31. The van der Waals surface area contributed by atoms with Gasteiger partial charge < -0.3 is 15.2 Å². The van der Waals surface area contributed by atoms with Crippen LogP contribution in [0, 0.1) is 0 Å². The highest BCUT2D eigenvalue weighted by Gasteiger charge is 2.14. The molecule has 0 fully saturated rings. The van der Waals surface area contributed by atoms with Crippen LogP contribution in [0.3, 0.4) is 0 Å². The first-order chi connectivity index (χ1) is 10.0. The summed E-state index contributed by atoms with van der Waals surface area (Å²) in [5, 5.41) is 11.5. The second kappa shape index (κ2) is 9.39. The van der Waals surface area contributed by atoms with E-state index in [1.165, 1.54) is 0 Å². The highest BCUT2D eigenvalue weighted by molar-refractivity contribution is 9.10. The molecule has 0 aliphatic carbocycles. The first-order valence-electron chi connectivity index (χ1n) is 6.90. The van der Waals surface area contributed by atoms with Crippen LogP contribution in [0.4, 0.5) is 0 Å². The molecular formula is C15H20BrNO4. The van der Waals surface area contributed by atoms with E-state index in [1.807, 2.05) is 31.2 Å². The van der Waals surface area contributed by atoms with E-state index in [2.05, 4.69) is 21.2 Å². The van der Waals surface area contributed by atoms with Crippen molar-refractivity contribution in [3.63, 3.8) is 0 Å². The second-order valence-electron chi connectivity index (χ2n) is 4.71. The van der Waals surface area contributed by atoms with Crippen molar-refractivity contribution in [1.29, 1.82) is 0 Å². The van der Waals surface area contributed by atoms with E-state index in [0.717, 1.165) is 10.9 Å². The second-order valence-corrected chi connectivity index (χ2v) is 5.62. The largest absolute Gasteiger partial charge is 0.493 e. The quantitative estimate of drug-likeness (QED) is 0.712. The lowest BCUT2D eigenvalue weighted by Crippen LogP contribution is -2.37. The van der Waals surface area contributed by atoms with Crippen LogP contribution in [0.5, 0.6) is 5.75 Å². The van der Waals surface area contributed by atoms with Crippen LogP contribution in [-0.2, 0) is 9.59 Å². The number of carbonyl (C=O) groups is 2. The Bertz CT molecular complexity index is 478. The molecule has 0 aromatic heterocycles. The van der Waals surface area contributed by atoms with Crippen molar-refractivity contribution < 1.29 is 19.4 Å². The summed E-state index contributed by atoms with van der Waals surface area (Å²) in [5.41, 5.74) is 0. The maximum absolute atomic E-state index is 11.8. The van der Waals surface area contributed by atoms with Gasteiger partial charge in [-0.3, -0.25) is 9.59 Å². The monoisotopic (exact) mass is 357 g/mol. The Morgan fingerprint density at radius 2 is 2.19 bits per heavy atom. The van der Waals surface area contributed by atoms with Crippen LogP contribution >= 0.6 is 15.9 Å². The molecule has 5 nitrogen and oxygen atoms in total. The smallest absolute Gasteiger partial charge is 0.305 e. The zero-order chi connectivity index (χ0) is 15.7. The van der Waals surface area contributed by atoms with E-state index in [-0.39, 0.29) is 31.4 Å². The molecule has 6 heteroatoms. The van der Waals surface area contributed by atoms with Gasteiger partial charge in [0.2, 0.25) is 5.91 Å². The average molecular weight is 358 g/mol. The summed E-state index contributed by atoms with van der Waals surface area (Å²) >= 11 is 3.34. The van der Waals surface area contributed by atoms with Crippen LogP contribution in [-0.4, -0.2) is 29.6 Å². The van der Waals surface area contributed by atoms with Crippen molar-refractivity contribution in [3.8, 4) is 5.75 Å². The third kappa shape index (κ3) is 7.70. The van der Waals surface area contributed by atoms with Gasteiger partial charge >= 0.3 is 5.97 Å².